The molecule has 0 atom stereocenters. The molecule has 0 bridgehead atoms. The van der Waals surface area contributed by atoms with Crippen LogP contribution in [0.15, 0.2) is 18.2 Å². The molecule has 6 nitrogen and oxygen atoms in total. The molecule has 1 rings (SSSR count). The molecule has 0 aliphatic heterocycles. The summed E-state index contributed by atoms with van der Waals surface area (Å²) in [5.74, 6) is -0.964. The highest BCUT2D eigenvalue weighted by Gasteiger charge is 2.12. The van der Waals surface area contributed by atoms with Crippen molar-refractivity contribution >= 4 is 35.7 Å². The highest BCUT2D eigenvalue weighted by atomic mass is 35.5. The van der Waals surface area contributed by atoms with E-state index in [1.54, 1.807) is 7.05 Å². The quantitative estimate of drug-likeness (QED) is 0.665. The lowest BCUT2D eigenvalue weighted by Crippen LogP contribution is -2.25. The first-order valence-corrected chi connectivity index (χ1v) is 5.11. The van der Waals surface area contributed by atoms with E-state index in [2.05, 4.69) is 0 Å². The Morgan fingerprint density at radius 2 is 2.17 bits per heavy atom. The third-order valence-electron chi connectivity index (χ3n) is 2.09. The molecule has 1 aromatic rings. The lowest BCUT2D eigenvalue weighted by atomic mass is 10.2. The van der Waals surface area contributed by atoms with Gasteiger partial charge in [-0.25, -0.2) is 0 Å². The molecule has 0 aliphatic rings. The van der Waals surface area contributed by atoms with Crippen LogP contribution in [0.5, 0.6) is 0 Å². The molecule has 8 heteroatoms. The number of benzene rings is 1. The van der Waals surface area contributed by atoms with Gasteiger partial charge in [-0.1, -0.05) is 11.6 Å². The van der Waals surface area contributed by atoms with Gasteiger partial charge in [-0.15, -0.1) is 12.4 Å². The van der Waals surface area contributed by atoms with Gasteiger partial charge in [0.15, 0.2) is 0 Å². The molecule has 0 radical (unpaired) electrons. The van der Waals surface area contributed by atoms with Crippen LogP contribution in [0.4, 0.5) is 5.69 Å². The van der Waals surface area contributed by atoms with Crippen molar-refractivity contribution in [2.75, 3.05) is 13.6 Å². The van der Waals surface area contributed by atoms with Gasteiger partial charge < -0.3 is 5.11 Å². The number of non-ortho nitro benzene ring substituents is 1. The fourth-order valence-corrected chi connectivity index (χ4v) is 1.55. The summed E-state index contributed by atoms with van der Waals surface area (Å²) in [6, 6.07) is 4.09. The van der Waals surface area contributed by atoms with E-state index in [9.17, 15) is 14.9 Å². The number of nitro groups is 1. The normalized spacial score (nSPS) is 9.94. The van der Waals surface area contributed by atoms with Crippen molar-refractivity contribution < 1.29 is 14.8 Å². The molecule has 0 aromatic heterocycles. The van der Waals surface area contributed by atoms with Crippen LogP contribution in [0, 0.1) is 10.1 Å². The highest BCUT2D eigenvalue weighted by molar-refractivity contribution is 6.31. The third-order valence-corrected chi connectivity index (χ3v) is 2.45. The summed E-state index contributed by atoms with van der Waals surface area (Å²) in [4.78, 5) is 22.1. The van der Waals surface area contributed by atoms with Gasteiger partial charge in [-0.3, -0.25) is 19.8 Å². The highest BCUT2D eigenvalue weighted by Crippen LogP contribution is 2.22. The Morgan fingerprint density at radius 3 is 2.67 bits per heavy atom. The Bertz CT molecular complexity index is 454. The van der Waals surface area contributed by atoms with Gasteiger partial charge in [0.1, 0.15) is 0 Å². The summed E-state index contributed by atoms with van der Waals surface area (Å²) in [7, 11) is 1.60. The minimum absolute atomic E-state index is 0. The average molecular weight is 295 g/mol. The molecule has 100 valence electrons. The fourth-order valence-electron chi connectivity index (χ4n) is 1.37. The van der Waals surface area contributed by atoms with Crippen LogP contribution in [0.3, 0.4) is 0 Å². The second-order valence-corrected chi connectivity index (χ2v) is 4.01. The monoisotopic (exact) mass is 294 g/mol. The minimum Gasteiger partial charge on any atom is -0.480 e. The number of nitrogens with zero attached hydrogens (tertiary/aromatic N) is 2. The summed E-state index contributed by atoms with van der Waals surface area (Å²) >= 11 is 5.88. The number of hydrogen-bond acceptors (Lipinski definition) is 4. The van der Waals surface area contributed by atoms with Gasteiger partial charge in [-0.2, -0.15) is 0 Å². The largest absolute Gasteiger partial charge is 0.480 e. The maximum Gasteiger partial charge on any atom is 0.317 e. The van der Waals surface area contributed by atoms with Crippen LogP contribution in [-0.4, -0.2) is 34.5 Å². The van der Waals surface area contributed by atoms with E-state index >= 15 is 0 Å². The zero-order chi connectivity index (χ0) is 13.0. The van der Waals surface area contributed by atoms with Crippen LogP contribution in [0.2, 0.25) is 5.02 Å². The number of nitro benzene ring substituents is 1. The smallest absolute Gasteiger partial charge is 0.317 e. The van der Waals surface area contributed by atoms with Crippen LogP contribution in [0.1, 0.15) is 5.56 Å². The Kier molecular flexibility index (Phi) is 6.61. The Labute approximate surface area is 115 Å². The van der Waals surface area contributed by atoms with Crippen LogP contribution >= 0.6 is 24.0 Å². The molecule has 0 saturated carbocycles. The number of rotatable bonds is 5. The van der Waals surface area contributed by atoms with Crippen LogP contribution in [0.25, 0.3) is 0 Å². The lowest BCUT2D eigenvalue weighted by molar-refractivity contribution is -0.384. The van der Waals surface area contributed by atoms with Crippen molar-refractivity contribution in [3.8, 4) is 0 Å². The fraction of sp³-hybridized carbons (Fsp3) is 0.300. The summed E-state index contributed by atoms with van der Waals surface area (Å²) in [6.07, 6.45) is 0. The number of carboxylic acids is 1. The zero-order valence-corrected chi connectivity index (χ0v) is 11.1. The van der Waals surface area contributed by atoms with Gasteiger partial charge in [-0.05, 0) is 18.7 Å². The first-order chi connectivity index (χ1) is 7.90. The predicted octanol–water partition coefficient (Wildman–Crippen LogP) is 2.19. The van der Waals surface area contributed by atoms with Crippen LogP contribution < -0.4 is 0 Å². The first-order valence-electron chi connectivity index (χ1n) is 4.73. The van der Waals surface area contributed by atoms with Crippen molar-refractivity contribution in [2.24, 2.45) is 0 Å². The number of carbonyl (C=O) groups is 1. The maximum absolute atomic E-state index is 10.6. The van der Waals surface area contributed by atoms with Gasteiger partial charge >= 0.3 is 5.97 Å². The summed E-state index contributed by atoms with van der Waals surface area (Å²) in [5.41, 5.74) is 0.470. The molecule has 0 aliphatic carbocycles. The minimum atomic E-state index is -0.964. The summed E-state index contributed by atoms with van der Waals surface area (Å²) < 4.78 is 0. The Hall–Kier alpha value is -1.37. The molecule has 0 saturated heterocycles. The number of carboxylic acid groups (broad SMARTS) is 1. The molecule has 1 aromatic carbocycles. The second-order valence-electron chi connectivity index (χ2n) is 3.60. The molecular formula is C10H12Cl2N2O4. The van der Waals surface area contributed by atoms with Crippen molar-refractivity contribution in [1.82, 2.24) is 4.90 Å². The maximum atomic E-state index is 10.6. The number of likely N-dealkylation sites (N-methyl/N-ethyl adjacent to an activating group) is 1. The van der Waals surface area contributed by atoms with Crippen molar-refractivity contribution in [3.05, 3.63) is 38.9 Å². The van der Waals surface area contributed by atoms with Crippen LogP contribution in [-0.2, 0) is 11.3 Å². The van der Waals surface area contributed by atoms with Gasteiger partial charge in [0.2, 0.25) is 0 Å². The summed E-state index contributed by atoms with van der Waals surface area (Å²) in [6.45, 7) is 0.0891. The van der Waals surface area contributed by atoms with E-state index < -0.39 is 10.9 Å². The standard InChI is InChI=1S/C10H11ClN2O4.ClH/c1-12(6-10(14)15)5-7-4-8(13(16)17)2-3-9(7)11;/h2-4H,5-6H2,1H3,(H,14,15);1H. The number of aliphatic carboxylic acids is 1. The van der Waals surface area contributed by atoms with E-state index in [0.717, 1.165) is 0 Å². The number of hydrogen-bond donors (Lipinski definition) is 1. The molecule has 0 amide bonds. The number of halogens is 2. The zero-order valence-electron chi connectivity index (χ0n) is 9.50. The van der Waals surface area contributed by atoms with Gasteiger partial charge in [0.25, 0.3) is 5.69 Å². The van der Waals surface area contributed by atoms with E-state index in [1.165, 1.54) is 23.1 Å². The Morgan fingerprint density at radius 1 is 1.56 bits per heavy atom. The van der Waals surface area contributed by atoms with Crippen molar-refractivity contribution in [1.29, 1.82) is 0 Å². The molecule has 18 heavy (non-hydrogen) atoms. The van der Waals surface area contributed by atoms with E-state index in [4.69, 9.17) is 16.7 Å². The molecule has 0 fully saturated rings. The average Bonchev–Trinajstić information content (AvgIpc) is 2.19. The van der Waals surface area contributed by atoms with E-state index in [1.807, 2.05) is 0 Å². The molecular weight excluding hydrogens is 283 g/mol. The first kappa shape index (κ1) is 16.6. The second kappa shape index (κ2) is 7.15. The molecule has 1 N–H and O–H groups in total. The molecule has 0 spiro atoms. The van der Waals surface area contributed by atoms with E-state index in [-0.39, 0.29) is 31.2 Å². The Balaban J connectivity index is 0.00000289. The molecule has 0 unspecified atom stereocenters. The van der Waals surface area contributed by atoms with Gasteiger partial charge in [0, 0.05) is 23.7 Å². The van der Waals surface area contributed by atoms with Crippen molar-refractivity contribution in [3.63, 3.8) is 0 Å². The van der Waals surface area contributed by atoms with Gasteiger partial charge in [0.05, 0.1) is 11.5 Å². The topological polar surface area (TPSA) is 83.7 Å². The SMILES string of the molecule is CN(CC(=O)O)Cc1cc([N+](=O)[O-])ccc1Cl.Cl. The van der Waals surface area contributed by atoms with E-state index in [0.29, 0.717) is 10.6 Å². The third kappa shape index (κ3) is 4.87. The van der Waals surface area contributed by atoms with Crippen molar-refractivity contribution in [2.45, 2.75) is 6.54 Å². The lowest BCUT2D eigenvalue weighted by Gasteiger charge is -2.14. The predicted molar refractivity (Wildman–Crippen MR) is 69.3 cm³/mol. The molecule has 0 heterocycles. The summed E-state index contributed by atoms with van der Waals surface area (Å²) in [5, 5.41) is 19.6.